The van der Waals surface area contributed by atoms with Gasteiger partial charge in [0.2, 0.25) is 5.95 Å². The van der Waals surface area contributed by atoms with Gasteiger partial charge in [0, 0.05) is 19.1 Å². The number of methoxy groups -OCH3 is 1. The van der Waals surface area contributed by atoms with Crippen molar-refractivity contribution in [1.82, 2.24) is 29.9 Å². The maximum Gasteiger partial charge on any atom is 0.225 e. The second kappa shape index (κ2) is 7.67. The molecular formula is C19H25N7O2. The average molecular weight is 383 g/mol. The fourth-order valence-corrected chi connectivity index (χ4v) is 3.70. The van der Waals surface area contributed by atoms with Gasteiger partial charge in [0.15, 0.2) is 17.1 Å². The number of anilines is 1. The van der Waals surface area contributed by atoms with Gasteiger partial charge in [-0.05, 0) is 40.0 Å². The fourth-order valence-electron chi connectivity index (χ4n) is 3.70. The largest absolute Gasteiger partial charge is 0.446 e. The molecule has 4 rings (SSSR count). The Balaban J connectivity index is 1.53. The standard InChI is InChI=1S/C19H25N7O2/c1-5-16(12(3)27-4)26-17-15(24-25-26)10-21-19(23-17)22-14-7-6-13(8-14)18-20-9-11(2)28-18/h5,9-10,12-14H,6-8H2,1-4H3,(H,21,22,23)/b16-5+/t12-,13-,14+/m0/s1. The zero-order valence-corrected chi connectivity index (χ0v) is 16.6. The molecule has 3 aromatic heterocycles. The summed E-state index contributed by atoms with van der Waals surface area (Å²) < 4.78 is 12.8. The van der Waals surface area contributed by atoms with Crippen LogP contribution in [0.1, 0.15) is 50.7 Å². The van der Waals surface area contributed by atoms with Crippen LogP contribution in [0.4, 0.5) is 5.95 Å². The lowest BCUT2D eigenvalue weighted by Gasteiger charge is -2.15. The molecule has 0 spiro atoms. The van der Waals surface area contributed by atoms with Crippen LogP contribution >= 0.6 is 0 Å². The van der Waals surface area contributed by atoms with E-state index in [1.54, 1.807) is 24.2 Å². The van der Waals surface area contributed by atoms with E-state index < -0.39 is 0 Å². The van der Waals surface area contributed by atoms with Crippen LogP contribution in [0.25, 0.3) is 16.9 Å². The van der Waals surface area contributed by atoms with E-state index in [1.165, 1.54) is 0 Å². The minimum absolute atomic E-state index is 0.124. The SMILES string of the molecule is C/C=C(\[C@H](C)OC)n1nnc2cnc(N[C@@H]3CC[C@H](c4ncc(C)o4)C3)nc21. The Labute approximate surface area is 163 Å². The zero-order valence-electron chi connectivity index (χ0n) is 16.6. The Hall–Kier alpha value is -2.81. The van der Waals surface area contributed by atoms with Crippen LogP contribution in [0.15, 0.2) is 22.9 Å². The fraction of sp³-hybridized carbons (Fsp3) is 0.526. The Bertz CT molecular complexity index is 993. The third kappa shape index (κ3) is 3.49. The summed E-state index contributed by atoms with van der Waals surface area (Å²) in [5, 5.41) is 11.8. The predicted molar refractivity (Wildman–Crippen MR) is 105 cm³/mol. The van der Waals surface area contributed by atoms with Crippen LogP contribution in [0.2, 0.25) is 0 Å². The number of aromatic nitrogens is 6. The van der Waals surface area contributed by atoms with E-state index in [0.717, 1.165) is 36.6 Å². The number of ether oxygens (including phenoxy) is 1. The predicted octanol–water partition coefficient (Wildman–Crippen LogP) is 3.16. The van der Waals surface area contributed by atoms with E-state index in [4.69, 9.17) is 9.15 Å². The molecule has 148 valence electrons. The molecule has 1 saturated carbocycles. The first-order chi connectivity index (χ1) is 13.6. The van der Waals surface area contributed by atoms with Crippen LogP contribution in [0.3, 0.4) is 0 Å². The van der Waals surface area contributed by atoms with Gasteiger partial charge < -0.3 is 14.5 Å². The van der Waals surface area contributed by atoms with Gasteiger partial charge in [-0.15, -0.1) is 5.10 Å². The molecule has 1 aliphatic rings. The van der Waals surface area contributed by atoms with Crippen molar-refractivity contribution in [3.8, 4) is 0 Å². The quantitative estimate of drug-likeness (QED) is 0.692. The minimum Gasteiger partial charge on any atom is -0.446 e. The molecule has 1 aliphatic carbocycles. The van der Waals surface area contributed by atoms with Crippen LogP contribution in [-0.2, 0) is 4.74 Å². The van der Waals surface area contributed by atoms with E-state index in [-0.39, 0.29) is 12.1 Å². The first kappa shape index (κ1) is 18.5. The maximum atomic E-state index is 5.69. The van der Waals surface area contributed by atoms with Crippen molar-refractivity contribution in [3.63, 3.8) is 0 Å². The molecule has 0 aromatic carbocycles. The van der Waals surface area contributed by atoms with Crippen molar-refractivity contribution in [1.29, 1.82) is 0 Å². The lowest BCUT2D eigenvalue weighted by molar-refractivity contribution is 0.158. The van der Waals surface area contributed by atoms with Crippen molar-refractivity contribution in [2.75, 3.05) is 12.4 Å². The summed E-state index contributed by atoms with van der Waals surface area (Å²) in [4.78, 5) is 13.4. The van der Waals surface area contributed by atoms with Gasteiger partial charge >= 0.3 is 0 Å². The molecule has 0 aliphatic heterocycles. The Morgan fingerprint density at radius 2 is 2.21 bits per heavy atom. The highest BCUT2D eigenvalue weighted by Gasteiger charge is 2.29. The Kier molecular flexibility index (Phi) is 5.08. The number of nitrogens with one attached hydrogen (secondary N) is 1. The lowest BCUT2D eigenvalue weighted by Crippen LogP contribution is -2.18. The van der Waals surface area contributed by atoms with Crippen LogP contribution < -0.4 is 5.32 Å². The third-order valence-electron chi connectivity index (χ3n) is 5.26. The number of oxazole rings is 1. The number of aryl methyl sites for hydroxylation is 1. The van der Waals surface area contributed by atoms with Gasteiger partial charge in [-0.3, -0.25) is 0 Å². The molecule has 3 aromatic rings. The van der Waals surface area contributed by atoms with Gasteiger partial charge in [0.25, 0.3) is 0 Å². The second-order valence-corrected chi connectivity index (χ2v) is 7.16. The summed E-state index contributed by atoms with van der Waals surface area (Å²) in [7, 11) is 1.67. The monoisotopic (exact) mass is 383 g/mol. The molecule has 1 N–H and O–H groups in total. The van der Waals surface area contributed by atoms with Gasteiger partial charge in [0.05, 0.1) is 24.2 Å². The van der Waals surface area contributed by atoms with E-state index >= 15 is 0 Å². The summed E-state index contributed by atoms with van der Waals surface area (Å²) in [6, 6.07) is 0.276. The molecule has 0 amide bonds. The highest BCUT2D eigenvalue weighted by Crippen LogP contribution is 2.35. The van der Waals surface area contributed by atoms with Crippen molar-refractivity contribution >= 4 is 22.8 Å². The van der Waals surface area contributed by atoms with Gasteiger partial charge in [-0.2, -0.15) is 9.67 Å². The molecule has 9 nitrogen and oxygen atoms in total. The topological polar surface area (TPSA) is 104 Å². The summed E-state index contributed by atoms with van der Waals surface area (Å²) in [5.74, 6) is 2.59. The Morgan fingerprint density at radius 3 is 2.93 bits per heavy atom. The van der Waals surface area contributed by atoms with Crippen molar-refractivity contribution in [2.45, 2.75) is 58.1 Å². The second-order valence-electron chi connectivity index (χ2n) is 7.16. The molecule has 0 unspecified atom stereocenters. The van der Waals surface area contributed by atoms with Gasteiger partial charge in [0.1, 0.15) is 5.76 Å². The normalized spacial score (nSPS) is 21.4. The number of allylic oxidation sites excluding steroid dienone is 1. The molecule has 0 radical (unpaired) electrons. The van der Waals surface area contributed by atoms with E-state index in [2.05, 4.69) is 30.6 Å². The van der Waals surface area contributed by atoms with E-state index in [9.17, 15) is 0 Å². The third-order valence-corrected chi connectivity index (χ3v) is 5.26. The summed E-state index contributed by atoms with van der Waals surface area (Å²) in [6.45, 7) is 5.83. The number of hydrogen-bond donors (Lipinski definition) is 1. The van der Waals surface area contributed by atoms with E-state index in [1.807, 2.05) is 26.8 Å². The highest BCUT2D eigenvalue weighted by atomic mass is 16.5. The first-order valence-corrected chi connectivity index (χ1v) is 9.55. The first-order valence-electron chi connectivity index (χ1n) is 9.55. The zero-order chi connectivity index (χ0) is 19.7. The molecule has 1 fully saturated rings. The molecule has 3 heterocycles. The molecule has 3 atom stereocenters. The Morgan fingerprint density at radius 1 is 1.36 bits per heavy atom. The van der Waals surface area contributed by atoms with Crippen LogP contribution in [0.5, 0.6) is 0 Å². The molecule has 28 heavy (non-hydrogen) atoms. The van der Waals surface area contributed by atoms with Crippen molar-refractivity contribution in [2.24, 2.45) is 0 Å². The molecule has 9 heteroatoms. The summed E-state index contributed by atoms with van der Waals surface area (Å²) >= 11 is 0. The smallest absolute Gasteiger partial charge is 0.225 e. The lowest BCUT2D eigenvalue weighted by atomic mass is 10.1. The van der Waals surface area contributed by atoms with Crippen molar-refractivity contribution < 1.29 is 9.15 Å². The van der Waals surface area contributed by atoms with Gasteiger partial charge in [-0.1, -0.05) is 11.3 Å². The molecular weight excluding hydrogens is 358 g/mol. The van der Waals surface area contributed by atoms with Crippen LogP contribution in [-0.4, -0.2) is 49.2 Å². The summed E-state index contributed by atoms with van der Waals surface area (Å²) in [5.41, 5.74) is 2.19. The van der Waals surface area contributed by atoms with Crippen molar-refractivity contribution in [3.05, 3.63) is 30.1 Å². The average Bonchev–Trinajstić information content (AvgIpc) is 3.42. The van der Waals surface area contributed by atoms with Gasteiger partial charge in [-0.25, -0.2) is 9.97 Å². The minimum atomic E-state index is -0.124. The molecule has 0 saturated heterocycles. The molecule has 0 bridgehead atoms. The number of nitrogens with zero attached hydrogens (tertiary/aromatic N) is 6. The van der Waals surface area contributed by atoms with E-state index in [0.29, 0.717) is 23.0 Å². The number of hydrogen-bond acceptors (Lipinski definition) is 8. The highest BCUT2D eigenvalue weighted by molar-refractivity contribution is 5.74. The number of fused-ring (bicyclic) bond motifs is 1. The maximum absolute atomic E-state index is 5.69. The number of rotatable bonds is 6. The summed E-state index contributed by atoms with van der Waals surface area (Å²) in [6.07, 6.45) is 8.31. The van der Waals surface area contributed by atoms with Crippen LogP contribution in [0, 0.1) is 6.92 Å².